The highest BCUT2D eigenvalue weighted by Gasteiger charge is 2.13. The van der Waals surface area contributed by atoms with Crippen LogP contribution in [0.25, 0.3) is 0 Å². The van der Waals surface area contributed by atoms with Crippen molar-refractivity contribution in [1.29, 1.82) is 0 Å². The van der Waals surface area contributed by atoms with Crippen molar-refractivity contribution in [1.82, 2.24) is 19.9 Å². The third kappa shape index (κ3) is 5.19. The number of aromatic nitrogens is 4. The molecule has 0 aromatic carbocycles. The molecule has 0 saturated heterocycles. The Morgan fingerprint density at radius 1 is 1.35 bits per heavy atom. The van der Waals surface area contributed by atoms with Gasteiger partial charge in [-0.3, -0.25) is 4.79 Å². The quantitative estimate of drug-likeness (QED) is 0.470. The minimum absolute atomic E-state index is 0.252. The third-order valence-electron chi connectivity index (χ3n) is 2.80. The fourth-order valence-corrected chi connectivity index (χ4v) is 2.57. The second kappa shape index (κ2) is 8.82. The van der Waals surface area contributed by atoms with Gasteiger partial charge in [-0.1, -0.05) is 12.5 Å². The predicted octanol–water partition coefficient (Wildman–Crippen LogP) is 2.34. The van der Waals surface area contributed by atoms with Gasteiger partial charge in [0, 0.05) is 33.3 Å². The molecule has 0 radical (unpaired) electrons. The molecular weight excluding hydrogens is 352 g/mol. The molecule has 2 aromatic heterocycles. The van der Waals surface area contributed by atoms with E-state index >= 15 is 0 Å². The minimum atomic E-state index is -0.252. The predicted molar refractivity (Wildman–Crippen MR) is 100 cm³/mol. The molecule has 0 spiro atoms. The number of ether oxygens (including phenoxy) is 1. The van der Waals surface area contributed by atoms with Crippen molar-refractivity contribution in [3.63, 3.8) is 0 Å². The van der Waals surface area contributed by atoms with Crippen LogP contribution in [0.1, 0.15) is 19.4 Å². The average Bonchev–Trinajstić information content (AvgIpc) is 2.55. The van der Waals surface area contributed by atoms with E-state index in [-0.39, 0.29) is 11.8 Å². The van der Waals surface area contributed by atoms with Crippen LogP contribution in [0, 0.1) is 11.8 Å². The summed E-state index contributed by atoms with van der Waals surface area (Å²) in [7, 11) is 3.75. The van der Waals surface area contributed by atoms with Gasteiger partial charge < -0.3 is 15.0 Å². The molecule has 0 aliphatic heterocycles. The van der Waals surface area contributed by atoms with Crippen molar-refractivity contribution < 1.29 is 9.53 Å². The zero-order chi connectivity index (χ0) is 19.1. The fraction of sp³-hybridized carbons (Fsp3) is 0.235. The van der Waals surface area contributed by atoms with Gasteiger partial charge in [0.25, 0.3) is 0 Å². The molecular formula is C17H18N6O2S. The lowest BCUT2D eigenvalue weighted by molar-refractivity contribution is -0.114. The van der Waals surface area contributed by atoms with E-state index in [1.807, 2.05) is 19.0 Å². The first kappa shape index (κ1) is 19.2. The molecule has 8 nitrogen and oxygen atoms in total. The Morgan fingerprint density at radius 3 is 2.73 bits per heavy atom. The van der Waals surface area contributed by atoms with Crippen LogP contribution in [0.4, 0.5) is 11.6 Å². The topological polar surface area (TPSA) is 93.1 Å². The van der Waals surface area contributed by atoms with Gasteiger partial charge in [0.1, 0.15) is 11.6 Å². The van der Waals surface area contributed by atoms with Gasteiger partial charge >= 0.3 is 0 Å². The normalized spacial score (nSPS) is 9.69. The number of anilines is 2. The monoisotopic (exact) mass is 370 g/mol. The lowest BCUT2D eigenvalue weighted by Crippen LogP contribution is -2.13. The van der Waals surface area contributed by atoms with E-state index in [9.17, 15) is 4.79 Å². The summed E-state index contributed by atoms with van der Waals surface area (Å²) in [6.45, 7) is 6.64. The Balaban J connectivity index is 2.38. The summed E-state index contributed by atoms with van der Waals surface area (Å²) in [6, 6.07) is 1.50. The Bertz CT molecular complexity index is 889. The Kier molecular flexibility index (Phi) is 6.52. The van der Waals surface area contributed by atoms with Gasteiger partial charge in [0.05, 0.1) is 11.8 Å². The van der Waals surface area contributed by atoms with Crippen LogP contribution in [-0.2, 0) is 4.79 Å². The Hall–Kier alpha value is -3.12. The van der Waals surface area contributed by atoms with Crippen molar-refractivity contribution in [3.8, 4) is 17.7 Å². The first-order chi connectivity index (χ1) is 12.4. The summed E-state index contributed by atoms with van der Waals surface area (Å²) in [5, 5.41) is 3.37. The number of hydrogen-bond acceptors (Lipinski definition) is 8. The van der Waals surface area contributed by atoms with Gasteiger partial charge in [0.15, 0.2) is 5.16 Å². The van der Waals surface area contributed by atoms with E-state index in [0.29, 0.717) is 21.9 Å². The van der Waals surface area contributed by atoms with E-state index in [1.165, 1.54) is 19.3 Å². The highest BCUT2D eigenvalue weighted by molar-refractivity contribution is 7.99. The molecule has 2 aromatic rings. The highest BCUT2D eigenvalue weighted by atomic mass is 32.2. The molecule has 0 atom stereocenters. The molecule has 0 bridgehead atoms. The summed E-state index contributed by atoms with van der Waals surface area (Å²) in [5.41, 5.74) is 0.727. The average molecular weight is 370 g/mol. The number of carbonyl (C=O) groups is 1. The van der Waals surface area contributed by atoms with Crippen LogP contribution in [-0.4, -0.2) is 39.9 Å². The van der Waals surface area contributed by atoms with Crippen molar-refractivity contribution >= 4 is 29.3 Å². The van der Waals surface area contributed by atoms with Crippen LogP contribution in [0.2, 0.25) is 0 Å². The summed E-state index contributed by atoms with van der Waals surface area (Å²) in [5.74, 6) is 6.82. The van der Waals surface area contributed by atoms with E-state index < -0.39 is 0 Å². The van der Waals surface area contributed by atoms with Gasteiger partial charge in [0.2, 0.25) is 16.9 Å². The van der Waals surface area contributed by atoms with Crippen molar-refractivity contribution in [2.45, 2.75) is 24.2 Å². The highest BCUT2D eigenvalue weighted by Crippen LogP contribution is 2.27. The van der Waals surface area contributed by atoms with Crippen LogP contribution < -0.4 is 15.0 Å². The van der Waals surface area contributed by atoms with E-state index in [4.69, 9.17) is 4.74 Å². The summed E-state index contributed by atoms with van der Waals surface area (Å²) in [6.07, 6.45) is 2.90. The molecule has 134 valence electrons. The van der Waals surface area contributed by atoms with Crippen molar-refractivity contribution in [2.24, 2.45) is 0 Å². The minimum Gasteiger partial charge on any atom is -0.447 e. The number of hydrogen-bond donors (Lipinski definition) is 1. The fourth-order valence-electron chi connectivity index (χ4n) is 1.89. The smallest absolute Gasteiger partial charge is 0.224 e. The molecule has 0 aliphatic rings. The van der Waals surface area contributed by atoms with E-state index in [1.54, 1.807) is 13.1 Å². The molecule has 9 heteroatoms. The largest absolute Gasteiger partial charge is 0.447 e. The van der Waals surface area contributed by atoms with Crippen LogP contribution >= 0.6 is 11.8 Å². The van der Waals surface area contributed by atoms with Gasteiger partial charge in [-0.25, -0.2) is 15.0 Å². The summed E-state index contributed by atoms with van der Waals surface area (Å²) >= 11 is 1.14. The number of nitrogens with zero attached hydrogens (tertiary/aromatic N) is 5. The second-order valence-electron chi connectivity index (χ2n) is 5.10. The standard InChI is InChI=1S/C17H18N6O2S/c1-6-8-12-10-18-16(22-15(12)23(4)5)26-17-20-13(19-11(3)24)9-14(21-17)25-7-2/h7,9-10H,2H2,1,3-5H3,(H,19,20,21,24). The van der Waals surface area contributed by atoms with Crippen molar-refractivity contribution in [3.05, 3.63) is 30.7 Å². The number of nitrogens with one attached hydrogen (secondary N) is 1. The first-order valence-corrected chi connectivity index (χ1v) is 8.33. The van der Waals surface area contributed by atoms with Gasteiger partial charge in [-0.05, 0) is 18.7 Å². The zero-order valence-corrected chi connectivity index (χ0v) is 15.7. The number of carbonyl (C=O) groups excluding carboxylic acids is 1. The molecule has 2 heterocycles. The number of rotatable bonds is 6. The molecule has 0 fully saturated rings. The molecule has 0 aliphatic carbocycles. The first-order valence-electron chi connectivity index (χ1n) is 7.52. The molecule has 0 unspecified atom stereocenters. The van der Waals surface area contributed by atoms with Gasteiger partial charge in [-0.15, -0.1) is 5.92 Å². The molecule has 2 rings (SSSR count). The zero-order valence-electron chi connectivity index (χ0n) is 14.9. The van der Waals surface area contributed by atoms with Gasteiger partial charge in [-0.2, -0.15) is 4.98 Å². The van der Waals surface area contributed by atoms with Crippen molar-refractivity contribution in [2.75, 3.05) is 24.3 Å². The molecule has 26 heavy (non-hydrogen) atoms. The number of amides is 1. The maximum absolute atomic E-state index is 11.3. The summed E-state index contributed by atoms with van der Waals surface area (Å²) < 4.78 is 5.20. The lowest BCUT2D eigenvalue weighted by Gasteiger charge is -2.14. The molecule has 0 saturated carbocycles. The third-order valence-corrected chi connectivity index (χ3v) is 3.55. The maximum atomic E-state index is 11.3. The maximum Gasteiger partial charge on any atom is 0.224 e. The molecule has 1 N–H and O–H groups in total. The summed E-state index contributed by atoms with van der Waals surface area (Å²) in [4.78, 5) is 30.5. The molecule has 1 amide bonds. The van der Waals surface area contributed by atoms with Crippen LogP contribution in [0.5, 0.6) is 5.88 Å². The lowest BCUT2D eigenvalue weighted by atomic mass is 10.3. The Morgan fingerprint density at radius 2 is 2.12 bits per heavy atom. The van der Waals surface area contributed by atoms with E-state index in [2.05, 4.69) is 43.7 Å². The van der Waals surface area contributed by atoms with E-state index in [0.717, 1.165) is 17.3 Å². The van der Waals surface area contributed by atoms with Crippen LogP contribution in [0.15, 0.2) is 35.4 Å². The van der Waals surface area contributed by atoms with Crippen LogP contribution in [0.3, 0.4) is 0 Å². The Labute approximate surface area is 156 Å². The SMILES string of the molecule is C=COc1cc(NC(C)=O)nc(Sc2ncc(C#CC)c(N(C)C)n2)n1. The second-order valence-corrected chi connectivity index (χ2v) is 6.04.